The summed E-state index contributed by atoms with van der Waals surface area (Å²) in [4.78, 5) is 0.302. The van der Waals surface area contributed by atoms with Crippen LogP contribution in [0.2, 0.25) is 0 Å². The number of hydrogen-bond acceptors (Lipinski definition) is 0. The molecule has 0 heterocycles. The third-order valence-electron chi connectivity index (χ3n) is 3.57. The van der Waals surface area contributed by atoms with Crippen LogP contribution in [0.5, 0.6) is 0 Å². The van der Waals surface area contributed by atoms with E-state index >= 15 is 0 Å². The van der Waals surface area contributed by atoms with Gasteiger partial charge in [-0.15, -0.1) is 0 Å². The predicted molar refractivity (Wildman–Crippen MR) is 101 cm³/mol. The van der Waals surface area contributed by atoms with Crippen LogP contribution < -0.4 is 0 Å². The Balaban J connectivity index is 1.96. The molecule has 21 heavy (non-hydrogen) atoms. The van der Waals surface area contributed by atoms with E-state index < -0.39 is 0 Å². The molecule has 0 amide bonds. The van der Waals surface area contributed by atoms with Gasteiger partial charge in [0, 0.05) is 13.8 Å². The van der Waals surface area contributed by atoms with Crippen molar-refractivity contribution in [2.24, 2.45) is 0 Å². The van der Waals surface area contributed by atoms with E-state index in [9.17, 15) is 0 Å². The number of rotatable bonds is 3. The van der Waals surface area contributed by atoms with Gasteiger partial charge in [0.05, 0.1) is 0 Å². The average molecular weight is 469 g/mol. The van der Waals surface area contributed by atoms with Crippen LogP contribution in [0.4, 0.5) is 0 Å². The van der Waals surface area contributed by atoms with Crippen molar-refractivity contribution in [3.8, 4) is 0 Å². The molecule has 3 aromatic rings. The molecular formula is C18H13Br3. The van der Waals surface area contributed by atoms with Gasteiger partial charge >= 0.3 is 0 Å². The van der Waals surface area contributed by atoms with E-state index in [0.29, 0.717) is 4.83 Å². The minimum Gasteiger partial charge on any atom is -0.0835 e. The van der Waals surface area contributed by atoms with Crippen molar-refractivity contribution in [1.29, 1.82) is 0 Å². The zero-order chi connectivity index (χ0) is 14.8. The van der Waals surface area contributed by atoms with Gasteiger partial charge in [0.1, 0.15) is 0 Å². The zero-order valence-electron chi connectivity index (χ0n) is 11.2. The first kappa shape index (κ1) is 15.3. The molecule has 0 aliphatic rings. The molecule has 0 aliphatic carbocycles. The van der Waals surface area contributed by atoms with Crippen LogP contribution >= 0.6 is 47.8 Å². The molecule has 0 fully saturated rings. The topological polar surface area (TPSA) is 0 Å². The molecular weight excluding hydrogens is 456 g/mol. The summed E-state index contributed by atoms with van der Waals surface area (Å²) in [6.07, 6.45) is 0.971. The van der Waals surface area contributed by atoms with Gasteiger partial charge in [-0.3, -0.25) is 0 Å². The predicted octanol–water partition coefficient (Wildman–Crippen LogP) is 7.04. The average Bonchev–Trinajstić information content (AvgIpc) is 2.50. The van der Waals surface area contributed by atoms with Crippen molar-refractivity contribution in [3.63, 3.8) is 0 Å². The first-order chi connectivity index (χ1) is 10.1. The Hall–Kier alpha value is -0.640. The minimum absolute atomic E-state index is 0.302. The SMILES string of the molecule is Brc1ccc(CC(Br)c2ccc(Br)c3ccccc23)cc1. The van der Waals surface area contributed by atoms with E-state index in [-0.39, 0.29) is 0 Å². The monoisotopic (exact) mass is 466 g/mol. The zero-order valence-corrected chi connectivity index (χ0v) is 15.9. The highest BCUT2D eigenvalue weighted by molar-refractivity contribution is 9.11. The Kier molecular flexibility index (Phi) is 4.82. The molecule has 0 aromatic heterocycles. The Bertz CT molecular complexity index is 763. The Morgan fingerprint density at radius 1 is 0.762 bits per heavy atom. The number of hydrogen-bond donors (Lipinski definition) is 0. The maximum atomic E-state index is 3.86. The summed E-state index contributed by atoms with van der Waals surface area (Å²) in [6, 6.07) is 21.4. The normalized spacial score (nSPS) is 12.5. The van der Waals surface area contributed by atoms with Gasteiger partial charge in [0.15, 0.2) is 0 Å². The molecule has 1 atom stereocenters. The van der Waals surface area contributed by atoms with Crippen molar-refractivity contribution in [2.45, 2.75) is 11.2 Å². The fraction of sp³-hybridized carbons (Fsp3) is 0.111. The van der Waals surface area contributed by atoms with E-state index in [0.717, 1.165) is 15.4 Å². The van der Waals surface area contributed by atoms with Crippen LogP contribution in [0.15, 0.2) is 69.6 Å². The van der Waals surface area contributed by atoms with Crippen molar-refractivity contribution in [2.75, 3.05) is 0 Å². The maximum absolute atomic E-state index is 3.86. The van der Waals surface area contributed by atoms with Crippen molar-refractivity contribution >= 4 is 58.6 Å². The second-order valence-electron chi connectivity index (χ2n) is 4.98. The lowest BCUT2D eigenvalue weighted by Crippen LogP contribution is -1.97. The lowest BCUT2D eigenvalue weighted by atomic mass is 9.98. The van der Waals surface area contributed by atoms with Gasteiger partial charge in [-0.05, 0) is 46.5 Å². The molecule has 0 spiro atoms. The van der Waals surface area contributed by atoms with Crippen molar-refractivity contribution in [3.05, 3.63) is 80.7 Å². The van der Waals surface area contributed by atoms with Gasteiger partial charge in [0.25, 0.3) is 0 Å². The summed E-state index contributed by atoms with van der Waals surface area (Å²) < 4.78 is 2.26. The fourth-order valence-electron chi connectivity index (χ4n) is 2.50. The highest BCUT2D eigenvalue weighted by Gasteiger charge is 2.13. The lowest BCUT2D eigenvalue weighted by Gasteiger charge is -2.14. The number of halogens is 3. The van der Waals surface area contributed by atoms with E-state index in [1.165, 1.54) is 21.9 Å². The minimum atomic E-state index is 0.302. The first-order valence-corrected chi connectivity index (χ1v) is 9.21. The highest BCUT2D eigenvalue weighted by Crippen LogP contribution is 2.35. The van der Waals surface area contributed by atoms with Crippen LogP contribution in [0.25, 0.3) is 10.8 Å². The lowest BCUT2D eigenvalue weighted by molar-refractivity contribution is 0.957. The van der Waals surface area contributed by atoms with Crippen molar-refractivity contribution < 1.29 is 0 Å². The second kappa shape index (κ2) is 6.64. The fourth-order valence-corrected chi connectivity index (χ4v) is 4.01. The van der Waals surface area contributed by atoms with E-state index in [2.05, 4.69) is 108 Å². The van der Waals surface area contributed by atoms with Crippen LogP contribution in [0.3, 0.4) is 0 Å². The Morgan fingerprint density at radius 2 is 1.43 bits per heavy atom. The van der Waals surface area contributed by atoms with Crippen LogP contribution in [0.1, 0.15) is 16.0 Å². The smallest absolute Gasteiger partial charge is 0.0441 e. The van der Waals surface area contributed by atoms with Crippen LogP contribution in [0, 0.1) is 0 Å². The molecule has 0 radical (unpaired) electrons. The van der Waals surface area contributed by atoms with E-state index in [1.54, 1.807) is 0 Å². The van der Waals surface area contributed by atoms with Crippen LogP contribution in [-0.2, 0) is 6.42 Å². The molecule has 3 heteroatoms. The van der Waals surface area contributed by atoms with Gasteiger partial charge < -0.3 is 0 Å². The molecule has 3 aromatic carbocycles. The van der Waals surface area contributed by atoms with E-state index in [4.69, 9.17) is 0 Å². The standard InChI is InChI=1S/C18H13Br3/c19-13-7-5-12(6-8-13)11-18(21)16-9-10-17(20)15-4-2-1-3-14(15)16/h1-10,18H,11H2. The molecule has 0 nitrogen and oxygen atoms in total. The third kappa shape index (κ3) is 3.41. The summed E-state index contributed by atoms with van der Waals surface area (Å²) >= 11 is 11.0. The molecule has 1 unspecified atom stereocenters. The van der Waals surface area contributed by atoms with Gasteiger partial charge in [0.2, 0.25) is 0 Å². The molecule has 3 rings (SSSR count). The second-order valence-corrected chi connectivity index (χ2v) is 7.86. The highest BCUT2D eigenvalue weighted by atomic mass is 79.9. The molecule has 0 bridgehead atoms. The molecule has 0 saturated heterocycles. The van der Waals surface area contributed by atoms with Gasteiger partial charge in [-0.2, -0.15) is 0 Å². The van der Waals surface area contributed by atoms with Gasteiger partial charge in [-0.1, -0.05) is 90.3 Å². The Labute approximate surface area is 150 Å². The summed E-state index contributed by atoms with van der Waals surface area (Å²) in [6.45, 7) is 0. The van der Waals surface area contributed by atoms with Crippen LogP contribution in [-0.4, -0.2) is 0 Å². The number of alkyl halides is 1. The molecule has 0 N–H and O–H groups in total. The third-order valence-corrected chi connectivity index (χ3v) is 5.61. The van der Waals surface area contributed by atoms with E-state index in [1.807, 2.05) is 0 Å². The summed E-state index contributed by atoms with van der Waals surface area (Å²) in [7, 11) is 0. The molecule has 106 valence electrons. The Morgan fingerprint density at radius 3 is 2.14 bits per heavy atom. The largest absolute Gasteiger partial charge is 0.0835 e. The summed E-state index contributed by atoms with van der Waals surface area (Å²) in [5.74, 6) is 0. The first-order valence-electron chi connectivity index (χ1n) is 6.71. The summed E-state index contributed by atoms with van der Waals surface area (Å²) in [5.41, 5.74) is 2.66. The summed E-state index contributed by atoms with van der Waals surface area (Å²) in [5, 5.41) is 2.56. The van der Waals surface area contributed by atoms with Gasteiger partial charge in [-0.25, -0.2) is 0 Å². The number of fused-ring (bicyclic) bond motifs is 1. The molecule has 0 aliphatic heterocycles. The van der Waals surface area contributed by atoms with Crippen molar-refractivity contribution in [1.82, 2.24) is 0 Å². The maximum Gasteiger partial charge on any atom is 0.0441 e. The quantitative estimate of drug-likeness (QED) is 0.361. The molecule has 0 saturated carbocycles. The number of benzene rings is 3.